The summed E-state index contributed by atoms with van der Waals surface area (Å²) in [5.74, 6) is 0.0216. The smallest absolute Gasteiger partial charge is 0.232 e. The Hall–Kier alpha value is -1.29. The summed E-state index contributed by atoms with van der Waals surface area (Å²) in [5, 5.41) is 2.44. The van der Waals surface area contributed by atoms with E-state index < -0.39 is 0 Å². The Kier molecular flexibility index (Phi) is 4.55. The van der Waals surface area contributed by atoms with E-state index in [2.05, 4.69) is 5.32 Å². The molecule has 1 unspecified atom stereocenters. The van der Waals surface area contributed by atoms with E-state index in [4.69, 9.17) is 0 Å². The second kappa shape index (κ2) is 5.70. The first-order valence-electron chi connectivity index (χ1n) is 5.04. The highest BCUT2D eigenvalue weighted by Gasteiger charge is 2.12. The number of nitrogens with one attached hydrogen (secondary N) is 1. The Morgan fingerprint density at radius 1 is 1.38 bits per heavy atom. The number of benzene rings is 1. The first-order valence-corrected chi connectivity index (χ1v) is 5.92. The first-order chi connectivity index (χ1) is 7.54. The van der Waals surface area contributed by atoms with Crippen molar-refractivity contribution < 1.29 is 9.59 Å². The SMILES string of the molecule is CNC(=O)C(C)Sc1cccc(C(C)=O)c1. The molecule has 0 heterocycles. The van der Waals surface area contributed by atoms with Gasteiger partial charge in [0.15, 0.2) is 5.78 Å². The van der Waals surface area contributed by atoms with Gasteiger partial charge in [-0.15, -0.1) is 11.8 Å². The summed E-state index contributed by atoms with van der Waals surface area (Å²) in [6.45, 7) is 3.37. The number of carbonyl (C=O) groups is 2. The summed E-state index contributed by atoms with van der Waals surface area (Å²) < 4.78 is 0. The average Bonchev–Trinajstić information content (AvgIpc) is 2.28. The molecule has 1 amide bonds. The van der Waals surface area contributed by atoms with Crippen LogP contribution in [-0.4, -0.2) is 24.0 Å². The van der Waals surface area contributed by atoms with Crippen molar-refractivity contribution in [3.8, 4) is 0 Å². The maximum atomic E-state index is 11.3. The highest BCUT2D eigenvalue weighted by molar-refractivity contribution is 8.00. The molecule has 16 heavy (non-hydrogen) atoms. The first kappa shape index (κ1) is 12.8. The number of Topliss-reactive ketones (excluding diaryl/α,β-unsaturated/α-hetero) is 1. The lowest BCUT2D eigenvalue weighted by Gasteiger charge is -2.09. The van der Waals surface area contributed by atoms with Crippen molar-refractivity contribution >= 4 is 23.5 Å². The maximum Gasteiger partial charge on any atom is 0.232 e. The van der Waals surface area contributed by atoms with Crippen LogP contribution in [0.2, 0.25) is 0 Å². The van der Waals surface area contributed by atoms with Crippen molar-refractivity contribution in [2.24, 2.45) is 0 Å². The summed E-state index contributed by atoms with van der Waals surface area (Å²) in [6.07, 6.45) is 0. The van der Waals surface area contributed by atoms with Gasteiger partial charge in [0.2, 0.25) is 5.91 Å². The molecule has 0 saturated carbocycles. The molecule has 1 N–H and O–H groups in total. The van der Waals surface area contributed by atoms with Crippen LogP contribution < -0.4 is 5.32 Å². The van der Waals surface area contributed by atoms with Gasteiger partial charge in [-0.3, -0.25) is 9.59 Å². The molecule has 0 aliphatic carbocycles. The maximum absolute atomic E-state index is 11.3. The molecule has 4 heteroatoms. The van der Waals surface area contributed by atoms with Crippen LogP contribution in [0.4, 0.5) is 0 Å². The number of thioether (sulfide) groups is 1. The monoisotopic (exact) mass is 237 g/mol. The van der Waals surface area contributed by atoms with Crippen molar-refractivity contribution in [1.82, 2.24) is 5.32 Å². The van der Waals surface area contributed by atoms with Crippen LogP contribution in [0, 0.1) is 0 Å². The Labute approximate surface area is 99.6 Å². The second-order valence-corrected chi connectivity index (χ2v) is 4.87. The molecule has 0 aliphatic heterocycles. The van der Waals surface area contributed by atoms with Crippen LogP contribution >= 0.6 is 11.8 Å². The normalized spacial score (nSPS) is 11.9. The molecule has 1 atom stereocenters. The summed E-state index contributed by atoms with van der Waals surface area (Å²) in [6, 6.07) is 7.32. The van der Waals surface area contributed by atoms with Crippen LogP contribution in [0.5, 0.6) is 0 Å². The summed E-state index contributed by atoms with van der Waals surface area (Å²) >= 11 is 1.44. The van der Waals surface area contributed by atoms with Gasteiger partial charge in [0, 0.05) is 17.5 Å². The molecule has 0 fully saturated rings. The van der Waals surface area contributed by atoms with Gasteiger partial charge in [0.25, 0.3) is 0 Å². The van der Waals surface area contributed by atoms with Crippen molar-refractivity contribution in [2.75, 3.05) is 7.05 Å². The van der Waals surface area contributed by atoms with Gasteiger partial charge in [-0.05, 0) is 26.0 Å². The van der Waals surface area contributed by atoms with Gasteiger partial charge in [-0.1, -0.05) is 12.1 Å². The second-order valence-electron chi connectivity index (χ2n) is 3.46. The fraction of sp³-hybridized carbons (Fsp3) is 0.333. The quantitative estimate of drug-likeness (QED) is 0.644. The minimum atomic E-state index is -0.160. The average molecular weight is 237 g/mol. The lowest BCUT2D eigenvalue weighted by Crippen LogP contribution is -2.27. The van der Waals surface area contributed by atoms with Gasteiger partial charge in [-0.2, -0.15) is 0 Å². The Morgan fingerprint density at radius 3 is 2.62 bits per heavy atom. The number of hydrogen-bond acceptors (Lipinski definition) is 3. The highest BCUT2D eigenvalue weighted by Crippen LogP contribution is 2.24. The van der Waals surface area contributed by atoms with Crippen molar-refractivity contribution in [2.45, 2.75) is 24.0 Å². The number of ketones is 1. The molecule has 0 saturated heterocycles. The molecular weight excluding hydrogens is 222 g/mol. The lowest BCUT2D eigenvalue weighted by molar-refractivity contribution is -0.119. The van der Waals surface area contributed by atoms with Gasteiger partial charge in [0.1, 0.15) is 0 Å². The Morgan fingerprint density at radius 2 is 2.06 bits per heavy atom. The topological polar surface area (TPSA) is 46.2 Å². The minimum absolute atomic E-state index is 0.0155. The predicted molar refractivity (Wildman–Crippen MR) is 65.8 cm³/mol. The highest BCUT2D eigenvalue weighted by atomic mass is 32.2. The van der Waals surface area contributed by atoms with Crippen LogP contribution in [0.3, 0.4) is 0 Å². The number of amides is 1. The molecule has 1 rings (SSSR count). The van der Waals surface area contributed by atoms with E-state index in [1.54, 1.807) is 13.1 Å². The third kappa shape index (κ3) is 3.38. The van der Waals surface area contributed by atoms with E-state index in [9.17, 15) is 9.59 Å². The molecule has 1 aromatic rings. The minimum Gasteiger partial charge on any atom is -0.358 e. The molecule has 0 aromatic heterocycles. The van der Waals surface area contributed by atoms with E-state index in [1.807, 2.05) is 25.1 Å². The standard InChI is InChI=1S/C12H15NO2S/c1-8(14)10-5-4-6-11(7-10)16-9(2)12(15)13-3/h4-7,9H,1-3H3,(H,13,15). The zero-order chi connectivity index (χ0) is 12.1. The van der Waals surface area contributed by atoms with Crippen molar-refractivity contribution in [3.63, 3.8) is 0 Å². The fourth-order valence-corrected chi connectivity index (χ4v) is 2.23. The molecule has 0 aliphatic rings. The van der Waals surface area contributed by atoms with E-state index >= 15 is 0 Å². The molecule has 1 aromatic carbocycles. The Balaban J connectivity index is 2.78. The Bertz CT molecular complexity index is 404. The predicted octanol–water partition coefficient (Wildman–Crippen LogP) is 2.12. The molecule has 86 valence electrons. The zero-order valence-corrected chi connectivity index (χ0v) is 10.4. The number of carbonyl (C=O) groups excluding carboxylic acids is 2. The molecule has 0 spiro atoms. The van der Waals surface area contributed by atoms with E-state index in [0.29, 0.717) is 5.56 Å². The van der Waals surface area contributed by atoms with Crippen molar-refractivity contribution in [1.29, 1.82) is 0 Å². The largest absolute Gasteiger partial charge is 0.358 e. The van der Waals surface area contributed by atoms with Crippen molar-refractivity contribution in [3.05, 3.63) is 29.8 Å². The third-order valence-corrected chi connectivity index (χ3v) is 3.26. The molecule has 0 bridgehead atoms. The van der Waals surface area contributed by atoms with Gasteiger partial charge in [-0.25, -0.2) is 0 Å². The van der Waals surface area contributed by atoms with Crippen LogP contribution in [0.1, 0.15) is 24.2 Å². The number of hydrogen-bond donors (Lipinski definition) is 1. The van der Waals surface area contributed by atoms with E-state index in [-0.39, 0.29) is 16.9 Å². The van der Waals surface area contributed by atoms with E-state index in [1.165, 1.54) is 18.7 Å². The van der Waals surface area contributed by atoms with Gasteiger partial charge >= 0.3 is 0 Å². The molecule has 0 radical (unpaired) electrons. The number of rotatable bonds is 4. The zero-order valence-electron chi connectivity index (χ0n) is 9.61. The van der Waals surface area contributed by atoms with Gasteiger partial charge in [0.05, 0.1) is 5.25 Å². The van der Waals surface area contributed by atoms with Crippen LogP contribution in [0.15, 0.2) is 29.2 Å². The van der Waals surface area contributed by atoms with E-state index in [0.717, 1.165) is 4.90 Å². The molecule has 3 nitrogen and oxygen atoms in total. The fourth-order valence-electron chi connectivity index (χ4n) is 1.25. The van der Waals surface area contributed by atoms with Crippen LogP contribution in [-0.2, 0) is 4.79 Å². The summed E-state index contributed by atoms with van der Waals surface area (Å²) in [5.41, 5.74) is 0.675. The summed E-state index contributed by atoms with van der Waals surface area (Å²) in [4.78, 5) is 23.5. The molecular formula is C12H15NO2S. The summed E-state index contributed by atoms with van der Waals surface area (Å²) in [7, 11) is 1.62. The van der Waals surface area contributed by atoms with Gasteiger partial charge < -0.3 is 5.32 Å². The lowest BCUT2D eigenvalue weighted by atomic mass is 10.2. The van der Waals surface area contributed by atoms with Crippen LogP contribution in [0.25, 0.3) is 0 Å². The third-order valence-electron chi connectivity index (χ3n) is 2.17.